The molecule has 0 radical (unpaired) electrons. The van der Waals surface area contributed by atoms with Crippen LogP contribution in [0.15, 0.2) is 167 Å². The summed E-state index contributed by atoms with van der Waals surface area (Å²) in [5.74, 6) is 7.79. The van der Waals surface area contributed by atoms with Crippen LogP contribution >= 0.6 is 0 Å². The van der Waals surface area contributed by atoms with Crippen molar-refractivity contribution in [2.24, 2.45) is 26.8 Å². The number of aliphatic imine (C=N–C) groups is 3. The van der Waals surface area contributed by atoms with Gasteiger partial charge in [0, 0.05) is 244 Å². The summed E-state index contributed by atoms with van der Waals surface area (Å²) in [6.45, 7) is 66.2. The quantitative estimate of drug-likeness (QED) is 0.111. The average Bonchev–Trinajstić information content (AvgIpc) is 1.53. The Morgan fingerprint density at radius 3 is 1.15 bits per heavy atom. The third-order valence-corrected chi connectivity index (χ3v) is 33.5. The Hall–Kier alpha value is -9.19. The van der Waals surface area contributed by atoms with Crippen LogP contribution in [0.4, 0.5) is 28.4 Å². The van der Waals surface area contributed by atoms with Crippen molar-refractivity contribution >= 4 is 46.2 Å². The molecule has 2 bridgehead atoms. The van der Waals surface area contributed by atoms with E-state index in [2.05, 4.69) is 377 Å². The first-order valence-corrected chi connectivity index (χ1v) is 59.3. The Morgan fingerprint density at radius 2 is 0.753 bits per heavy atom. The summed E-state index contributed by atoms with van der Waals surface area (Å²) in [5, 5.41) is 3.30. The number of anilines is 5. The number of aryl methyl sites for hydroxylation is 6. The van der Waals surface area contributed by atoms with E-state index in [1.54, 1.807) is 31.2 Å². The number of amidine groups is 1. The molecule has 0 amide bonds. The average molecular weight is 2060 g/mol. The van der Waals surface area contributed by atoms with Crippen LogP contribution in [0.3, 0.4) is 0 Å². The van der Waals surface area contributed by atoms with E-state index >= 15 is 0 Å². The predicted octanol–water partition coefficient (Wildman–Crippen LogP) is 25.8. The van der Waals surface area contributed by atoms with Gasteiger partial charge < -0.3 is 73.9 Å². The number of fused-ring (bicyclic) bond motifs is 9. The zero-order chi connectivity index (χ0) is 108. The molecule has 2 aromatic heterocycles. The number of nitrogens with one attached hydrogen (secondary N) is 1. The predicted molar refractivity (Wildman–Crippen MR) is 646 cm³/mol. The van der Waals surface area contributed by atoms with E-state index in [4.69, 9.17) is 0 Å². The Kier molecular flexibility index (Phi) is 49.4. The Balaban J connectivity index is 0.000000161. The van der Waals surface area contributed by atoms with Gasteiger partial charge in [-0.3, -0.25) is 34.7 Å². The van der Waals surface area contributed by atoms with Gasteiger partial charge in [-0.05, 0) is 345 Å². The molecule has 0 spiro atoms. The van der Waals surface area contributed by atoms with Crippen molar-refractivity contribution in [1.82, 2.24) is 69.2 Å². The molecule has 9 fully saturated rings. The summed E-state index contributed by atoms with van der Waals surface area (Å²) in [5.41, 5.74) is 23.2. The fourth-order valence-corrected chi connectivity index (χ4v) is 25.6. The monoisotopic (exact) mass is 2060 g/mol. The van der Waals surface area contributed by atoms with Gasteiger partial charge in [0.15, 0.2) is 11.9 Å². The number of hydrogen-bond acceptors (Lipinski definition) is 22. The first kappa shape index (κ1) is 121. The Morgan fingerprint density at radius 1 is 0.353 bits per heavy atom. The maximum absolute atomic E-state index is 4.55. The number of likely N-dealkylation sites (N-methyl/N-ethyl adjacent to an activating group) is 2. The van der Waals surface area contributed by atoms with Crippen molar-refractivity contribution in [2.75, 3.05) is 206 Å². The second-order valence-electron chi connectivity index (χ2n) is 48.1. The second-order valence-corrected chi connectivity index (χ2v) is 48.1. The van der Waals surface area contributed by atoms with Crippen LogP contribution in [0.5, 0.6) is 0 Å². The molecule has 21 rings (SSSR count). The van der Waals surface area contributed by atoms with E-state index in [1.807, 2.05) is 49.3 Å². The fourth-order valence-electron chi connectivity index (χ4n) is 25.6. The molecule has 15 heterocycles. The van der Waals surface area contributed by atoms with Crippen molar-refractivity contribution in [3.63, 3.8) is 0 Å². The van der Waals surface area contributed by atoms with E-state index in [1.165, 1.54) is 333 Å². The molecule has 13 aliphatic heterocycles. The summed E-state index contributed by atoms with van der Waals surface area (Å²) >= 11 is 0. The van der Waals surface area contributed by atoms with E-state index in [-0.39, 0.29) is 0 Å². The normalized spacial score (nSPS) is 22.0. The molecule has 1 N–H and O–H groups in total. The summed E-state index contributed by atoms with van der Waals surface area (Å²) in [4.78, 5) is 60.0. The minimum absolute atomic E-state index is 0.500. The van der Waals surface area contributed by atoms with Gasteiger partial charge in [0.25, 0.3) is 0 Å². The molecular weight excluding hydrogens is 1850 g/mol. The lowest BCUT2D eigenvalue weighted by molar-refractivity contribution is -0.0718. The van der Waals surface area contributed by atoms with Gasteiger partial charge in [-0.2, -0.15) is 0 Å². The number of para-hydroxylation sites is 2. The van der Waals surface area contributed by atoms with Gasteiger partial charge in [0.05, 0.1) is 25.8 Å². The van der Waals surface area contributed by atoms with Crippen LogP contribution < -0.4 is 29.8 Å². The Bertz CT molecular complexity index is 4810. The van der Waals surface area contributed by atoms with Gasteiger partial charge in [0.2, 0.25) is 0 Å². The first-order valence-electron chi connectivity index (χ1n) is 59.3. The van der Waals surface area contributed by atoms with E-state index in [0.717, 1.165) is 94.2 Å². The zero-order valence-electron chi connectivity index (χ0n) is 100. The van der Waals surface area contributed by atoms with Crippen LogP contribution in [0.25, 0.3) is 0 Å². The molecule has 0 unspecified atom stereocenters. The standard InChI is InChI=1S/C27H38N2.C21H26N2.C15H26N2.C11H22N2.C10H22N2.C9H16N2.C8H15N3.C8H17N.C7H13N3.C7H10N2.C5H5N/c1-18(2)22-11-9-12-23(19(3)4)26(22)28-15-16-29(17-28)27-24(20(5)6)13-10-14-25(27)21(7)8;1-14-9-16(3)20(17(4)10-14)22-7-8-23(13-22)21-18(5)11-15(2)12-19(21)6;1-3-7-16-11-13-9-12(14(16)5-1)10-17-8-4-2-6-15(13)17;1-8(2)12-7-13(9(3)4)11(6)10(12)5;1-11(2)9-7-5-6-8-10(9)12(3)4;1-2-5-9-10-6-4-8-11(9)7-3-1;1-10-5-3-7-11-6-2-4-9-8(10)11;1-9(2)8-6-4-3-5-7-8;1-3-8-7-9-4-2-6-10(7)5-1;1-9(2)7-3-5-8-6-4-7;1-2-4-6-5-3-1/h9-16,18-21H,17H2,1-8H3;7-12H,13H2,1-6H3;12-15H,1-11H2;8-9H,7H2,1-6H3;9-10H,5-8H2,1-4H3;1-8H2;2-7H2,1H3;8H,3-7H2,1-2H3;1-6H2,(H,8,9);3-6H,1-2H3;1-5H/t;;12-,13-,14-,15+;;9-,10-;;;;;;/m..1.0....../s1. The second kappa shape index (κ2) is 61.2. The maximum atomic E-state index is 4.55. The summed E-state index contributed by atoms with van der Waals surface area (Å²) in [6, 6.07) is 37.9. The molecule has 22 nitrogen and oxygen atoms in total. The lowest BCUT2D eigenvalue weighted by Crippen LogP contribution is -2.63. The molecular formula is C128H210N22. The van der Waals surface area contributed by atoms with Gasteiger partial charge in [0.1, 0.15) is 0 Å². The van der Waals surface area contributed by atoms with Crippen LogP contribution in [0.2, 0.25) is 0 Å². The molecule has 6 atom stereocenters. The highest BCUT2D eigenvalue weighted by Crippen LogP contribution is 2.45. The largest absolute Gasteiger partial charge is 0.378 e. The van der Waals surface area contributed by atoms with Crippen LogP contribution in [0, 0.1) is 53.4 Å². The molecule has 2 saturated carbocycles. The number of hydrogen-bond donors (Lipinski definition) is 1. The summed E-state index contributed by atoms with van der Waals surface area (Å²) in [6.07, 6.45) is 50.9. The van der Waals surface area contributed by atoms with Crippen molar-refractivity contribution < 1.29 is 0 Å². The highest BCUT2D eigenvalue weighted by atomic mass is 15.4. The van der Waals surface area contributed by atoms with Crippen LogP contribution in [-0.2, 0) is 0 Å². The fraction of sp³-hybridized carbons (Fsp3) is 0.664. The van der Waals surface area contributed by atoms with Crippen molar-refractivity contribution in [3.8, 4) is 0 Å². The van der Waals surface area contributed by atoms with E-state index < -0.39 is 0 Å². The highest BCUT2D eigenvalue weighted by Gasteiger charge is 2.47. The molecule has 150 heavy (non-hydrogen) atoms. The lowest BCUT2D eigenvalue weighted by atomic mass is 9.71. The first-order chi connectivity index (χ1) is 72.0. The van der Waals surface area contributed by atoms with E-state index in [9.17, 15) is 0 Å². The number of allylic oxidation sites excluding steroid dienone is 2. The minimum atomic E-state index is 0.500. The zero-order valence-corrected chi connectivity index (χ0v) is 100. The number of aromatic nitrogens is 2. The SMILES string of the molecule is C1CCC2=NCCCN2CC1.C1CCN2C[C@H]3C[C@H](CN4CCCC[C@@H]34)[C@H]2C1.C1CN=C2NCCCN2C1.CC(C)c1cccc(C(C)C)c1N1C=CN(c2c(C(C)C)cccc2C(C)C)C1.CC1=C(C)N(C(C)C)CN1C(C)C.CN(C)C1CCCCC1.CN(C)[C@H]1CCCC[C@@H]1N(C)C.CN(C)c1ccncc1.CN1CCCN2CCCN=C12.Cc1cc(C)c(N2C=CN(c3c(C)cc(C)cc3C)C2)c(C)c1.c1ccncc1. The molecule has 15 aliphatic rings. The molecule has 2 aliphatic carbocycles. The van der Waals surface area contributed by atoms with Gasteiger partial charge in [-0.1, -0.05) is 185 Å². The third kappa shape index (κ3) is 35.2. The van der Waals surface area contributed by atoms with Crippen LogP contribution in [0.1, 0.15) is 337 Å². The number of piperidine rings is 4. The number of nitrogens with zero attached hydrogens (tertiary/aromatic N) is 21. The topological polar surface area (TPSA) is 127 Å². The molecule has 22 heteroatoms. The lowest BCUT2D eigenvalue weighted by Gasteiger charge is -2.57. The minimum Gasteiger partial charge on any atom is -0.378 e. The van der Waals surface area contributed by atoms with Gasteiger partial charge >= 0.3 is 0 Å². The van der Waals surface area contributed by atoms with Crippen LogP contribution in [-0.4, -0.2) is 306 Å². The van der Waals surface area contributed by atoms with Gasteiger partial charge in [-0.25, -0.2) is 0 Å². The smallest absolute Gasteiger partial charge is 0.196 e. The highest BCUT2D eigenvalue weighted by molar-refractivity contribution is 5.83. The van der Waals surface area contributed by atoms with Crippen molar-refractivity contribution in [2.45, 2.75) is 365 Å². The number of rotatable bonds is 14. The molecule has 4 aromatic carbocycles. The Labute approximate surface area is 915 Å². The number of guanidine groups is 2. The number of benzene rings is 4. The van der Waals surface area contributed by atoms with Crippen molar-refractivity contribution in [3.05, 3.63) is 208 Å². The maximum Gasteiger partial charge on any atom is 0.196 e. The molecule has 6 aromatic rings. The summed E-state index contributed by atoms with van der Waals surface area (Å²) < 4.78 is 0. The van der Waals surface area contributed by atoms with E-state index in [0.29, 0.717) is 35.8 Å². The summed E-state index contributed by atoms with van der Waals surface area (Å²) in [7, 11) is 19.3. The third-order valence-electron chi connectivity index (χ3n) is 33.5. The van der Waals surface area contributed by atoms with Gasteiger partial charge in [-0.15, -0.1) is 0 Å². The molecule has 7 saturated heterocycles. The molecule has 832 valence electrons. The van der Waals surface area contributed by atoms with Crippen molar-refractivity contribution in [1.29, 1.82) is 0 Å². The number of pyridine rings is 2.